The highest BCUT2D eigenvalue weighted by Crippen LogP contribution is 2.36. The number of aldehydes is 1. The Labute approximate surface area is 179 Å². The molecular formula is C24H23FN2O4. The third kappa shape index (κ3) is 4.60. The molecule has 1 heterocycles. The van der Waals surface area contributed by atoms with Crippen molar-refractivity contribution < 1.29 is 23.6 Å². The Morgan fingerprint density at radius 3 is 2.55 bits per heavy atom. The van der Waals surface area contributed by atoms with E-state index in [4.69, 9.17) is 0 Å². The number of nitrogens with zero attached hydrogens (tertiary/aromatic N) is 1. The molecule has 0 saturated heterocycles. The molecule has 1 unspecified atom stereocenters. The maximum Gasteiger partial charge on any atom is 0.259 e. The van der Waals surface area contributed by atoms with E-state index >= 15 is 0 Å². The Hall–Kier alpha value is -3.61. The summed E-state index contributed by atoms with van der Waals surface area (Å²) in [4.78, 5) is 49.7. The van der Waals surface area contributed by atoms with Crippen LogP contribution in [0.3, 0.4) is 0 Å². The summed E-state index contributed by atoms with van der Waals surface area (Å²) in [6.07, 6.45) is 0.957. The van der Waals surface area contributed by atoms with Gasteiger partial charge in [0.05, 0.1) is 18.0 Å². The SMILES string of the molecule is C=C1c2cccc(CNC(=O)Cc3ccccc3F)c2C(=O)N1C(CCC=O)C(C)=O. The Kier molecular flexibility index (Phi) is 6.74. The maximum absolute atomic E-state index is 13.8. The summed E-state index contributed by atoms with van der Waals surface area (Å²) >= 11 is 0. The van der Waals surface area contributed by atoms with Crippen LogP contribution in [0.25, 0.3) is 5.70 Å². The molecule has 2 aromatic carbocycles. The van der Waals surface area contributed by atoms with Gasteiger partial charge in [0.15, 0.2) is 5.78 Å². The lowest BCUT2D eigenvalue weighted by atomic mass is 10.0. The van der Waals surface area contributed by atoms with Gasteiger partial charge in [-0.1, -0.05) is 43.0 Å². The van der Waals surface area contributed by atoms with Crippen molar-refractivity contribution in [3.8, 4) is 0 Å². The second-order valence-corrected chi connectivity index (χ2v) is 7.38. The number of hydrogen-bond acceptors (Lipinski definition) is 4. The van der Waals surface area contributed by atoms with E-state index in [1.807, 2.05) is 0 Å². The molecule has 31 heavy (non-hydrogen) atoms. The van der Waals surface area contributed by atoms with Crippen molar-refractivity contribution in [2.24, 2.45) is 0 Å². The predicted octanol–water partition coefficient (Wildman–Crippen LogP) is 3.05. The van der Waals surface area contributed by atoms with Crippen molar-refractivity contribution in [2.75, 3.05) is 0 Å². The minimum absolute atomic E-state index is 0.0718. The second-order valence-electron chi connectivity index (χ2n) is 7.38. The molecule has 1 aliphatic heterocycles. The van der Waals surface area contributed by atoms with E-state index in [1.54, 1.807) is 36.4 Å². The number of fused-ring (bicyclic) bond motifs is 1. The van der Waals surface area contributed by atoms with Gasteiger partial charge >= 0.3 is 0 Å². The summed E-state index contributed by atoms with van der Waals surface area (Å²) in [6.45, 7) is 5.43. The molecule has 1 atom stereocenters. The monoisotopic (exact) mass is 422 g/mol. The highest BCUT2D eigenvalue weighted by molar-refractivity contribution is 6.12. The van der Waals surface area contributed by atoms with Crippen LogP contribution in [-0.4, -0.2) is 34.8 Å². The molecule has 7 heteroatoms. The largest absolute Gasteiger partial charge is 0.352 e. The molecule has 1 N–H and O–H groups in total. The van der Waals surface area contributed by atoms with E-state index in [0.29, 0.717) is 28.7 Å². The van der Waals surface area contributed by atoms with Gasteiger partial charge in [-0.05, 0) is 30.5 Å². The first-order chi connectivity index (χ1) is 14.8. The molecule has 2 amide bonds. The van der Waals surface area contributed by atoms with Crippen molar-refractivity contribution in [3.05, 3.63) is 77.1 Å². The van der Waals surface area contributed by atoms with E-state index in [0.717, 1.165) is 0 Å². The minimum atomic E-state index is -0.777. The Balaban J connectivity index is 1.78. The first kappa shape index (κ1) is 22.1. The van der Waals surface area contributed by atoms with Gasteiger partial charge < -0.3 is 10.1 Å². The van der Waals surface area contributed by atoms with E-state index in [9.17, 15) is 23.6 Å². The average molecular weight is 422 g/mol. The van der Waals surface area contributed by atoms with E-state index in [1.165, 1.54) is 17.9 Å². The lowest BCUT2D eigenvalue weighted by molar-refractivity contribution is -0.121. The summed E-state index contributed by atoms with van der Waals surface area (Å²) in [6, 6.07) is 10.5. The number of carbonyl (C=O) groups is 4. The molecule has 3 rings (SSSR count). The number of carbonyl (C=O) groups excluding carboxylic acids is 4. The first-order valence-corrected chi connectivity index (χ1v) is 9.94. The van der Waals surface area contributed by atoms with Crippen molar-refractivity contribution >= 4 is 29.6 Å². The fourth-order valence-corrected chi connectivity index (χ4v) is 3.75. The van der Waals surface area contributed by atoms with E-state index in [-0.39, 0.29) is 49.0 Å². The third-order valence-corrected chi connectivity index (χ3v) is 5.31. The van der Waals surface area contributed by atoms with Crippen LogP contribution < -0.4 is 5.32 Å². The summed E-state index contributed by atoms with van der Waals surface area (Å²) in [5, 5.41) is 2.72. The molecule has 1 aliphatic rings. The van der Waals surface area contributed by atoms with Gasteiger partial charge in [-0.15, -0.1) is 0 Å². The molecular weight excluding hydrogens is 399 g/mol. The summed E-state index contributed by atoms with van der Waals surface area (Å²) in [7, 11) is 0. The number of amides is 2. The van der Waals surface area contributed by atoms with Crippen LogP contribution in [0.5, 0.6) is 0 Å². The highest BCUT2D eigenvalue weighted by atomic mass is 19.1. The van der Waals surface area contributed by atoms with Crippen LogP contribution in [0.1, 0.15) is 46.8 Å². The quantitative estimate of drug-likeness (QED) is 0.630. The predicted molar refractivity (Wildman–Crippen MR) is 113 cm³/mol. The summed E-state index contributed by atoms with van der Waals surface area (Å²) < 4.78 is 13.8. The van der Waals surface area contributed by atoms with Gasteiger partial charge in [0.25, 0.3) is 5.91 Å². The lowest BCUT2D eigenvalue weighted by Crippen LogP contribution is -2.40. The maximum atomic E-state index is 13.8. The summed E-state index contributed by atoms with van der Waals surface area (Å²) in [5.41, 5.74) is 2.21. The Morgan fingerprint density at radius 1 is 1.16 bits per heavy atom. The molecule has 0 aliphatic carbocycles. The summed E-state index contributed by atoms with van der Waals surface area (Å²) in [5.74, 6) is -1.45. The zero-order chi connectivity index (χ0) is 22.5. The normalized spacial score (nSPS) is 13.7. The average Bonchev–Trinajstić information content (AvgIpc) is 2.99. The lowest BCUT2D eigenvalue weighted by Gasteiger charge is -2.26. The fraction of sp³-hybridized carbons (Fsp3) is 0.250. The number of hydrogen-bond donors (Lipinski definition) is 1. The zero-order valence-electron chi connectivity index (χ0n) is 17.2. The molecule has 6 nitrogen and oxygen atoms in total. The topological polar surface area (TPSA) is 83.6 Å². The van der Waals surface area contributed by atoms with E-state index in [2.05, 4.69) is 11.9 Å². The third-order valence-electron chi connectivity index (χ3n) is 5.31. The van der Waals surface area contributed by atoms with Crippen LogP contribution in [0, 0.1) is 5.82 Å². The Morgan fingerprint density at radius 2 is 1.87 bits per heavy atom. The van der Waals surface area contributed by atoms with Gasteiger partial charge in [0.1, 0.15) is 12.1 Å². The van der Waals surface area contributed by atoms with Gasteiger partial charge in [-0.2, -0.15) is 0 Å². The molecule has 0 spiro atoms. The number of ketones is 1. The molecule has 160 valence electrons. The number of halogens is 1. The highest BCUT2D eigenvalue weighted by Gasteiger charge is 2.38. The second kappa shape index (κ2) is 9.47. The molecule has 0 saturated carbocycles. The molecule has 0 radical (unpaired) electrons. The Bertz CT molecular complexity index is 1060. The van der Waals surface area contributed by atoms with Crippen molar-refractivity contribution in [3.63, 3.8) is 0 Å². The van der Waals surface area contributed by atoms with Crippen LogP contribution in [-0.2, 0) is 27.3 Å². The smallest absolute Gasteiger partial charge is 0.259 e. The first-order valence-electron chi connectivity index (χ1n) is 9.94. The molecule has 0 aromatic heterocycles. The fourth-order valence-electron chi connectivity index (χ4n) is 3.75. The zero-order valence-corrected chi connectivity index (χ0v) is 17.2. The van der Waals surface area contributed by atoms with Crippen LogP contribution in [0.15, 0.2) is 49.0 Å². The van der Waals surface area contributed by atoms with Crippen molar-refractivity contribution in [1.82, 2.24) is 10.2 Å². The van der Waals surface area contributed by atoms with Crippen molar-refractivity contribution in [1.29, 1.82) is 0 Å². The molecule has 0 fully saturated rings. The number of nitrogens with one attached hydrogen (secondary N) is 1. The van der Waals surface area contributed by atoms with Gasteiger partial charge in [0.2, 0.25) is 5.91 Å². The van der Waals surface area contributed by atoms with Crippen molar-refractivity contribution in [2.45, 2.75) is 38.8 Å². The standard InChI is InChI=1S/C24H23FN2O4/c1-15-19-9-5-8-18(14-26-22(30)13-17-7-3-4-10-20(17)25)23(19)24(31)27(15)21(16(2)29)11-6-12-28/h3-5,7-10,12,21H,1,6,11,13-14H2,2H3,(H,26,30). The number of Topliss-reactive ketones (excluding diaryl/α,β-unsaturated/α-hetero) is 1. The van der Waals surface area contributed by atoms with Gasteiger partial charge in [0, 0.05) is 24.2 Å². The van der Waals surface area contributed by atoms with E-state index < -0.39 is 11.9 Å². The van der Waals surface area contributed by atoms with Gasteiger partial charge in [-0.3, -0.25) is 19.3 Å². The minimum Gasteiger partial charge on any atom is -0.352 e. The van der Waals surface area contributed by atoms with Crippen LogP contribution in [0.2, 0.25) is 0 Å². The molecule has 0 bridgehead atoms. The number of benzene rings is 2. The van der Waals surface area contributed by atoms with Gasteiger partial charge in [-0.25, -0.2) is 4.39 Å². The number of rotatable bonds is 9. The molecule has 2 aromatic rings. The van der Waals surface area contributed by atoms with Crippen LogP contribution >= 0.6 is 0 Å². The van der Waals surface area contributed by atoms with Crippen LogP contribution in [0.4, 0.5) is 4.39 Å².